The van der Waals surface area contributed by atoms with E-state index < -0.39 is 0 Å². The van der Waals surface area contributed by atoms with E-state index in [4.69, 9.17) is 14.5 Å². The van der Waals surface area contributed by atoms with Gasteiger partial charge in [0.1, 0.15) is 0 Å². The molecule has 174 valence electrons. The zero-order valence-electron chi connectivity index (χ0n) is 19.1. The molecule has 0 fully saturated rings. The summed E-state index contributed by atoms with van der Waals surface area (Å²) < 4.78 is 14.0. The summed E-state index contributed by atoms with van der Waals surface area (Å²) in [5.74, 6) is 0.778. The van der Waals surface area contributed by atoms with Crippen LogP contribution in [0.1, 0.15) is 27.9 Å². The Balaban J connectivity index is 0.00000306. The predicted molar refractivity (Wildman–Crippen MR) is 134 cm³/mol. The highest BCUT2D eigenvalue weighted by molar-refractivity contribution is 7.22. The van der Waals surface area contributed by atoms with E-state index in [1.165, 1.54) is 16.9 Å². The number of carbonyl (C=O) groups excluding carboxylic acids is 1. The first-order valence-electron chi connectivity index (χ1n) is 10.4. The van der Waals surface area contributed by atoms with Gasteiger partial charge in [-0.05, 0) is 49.6 Å². The molecule has 7 nitrogen and oxygen atoms in total. The van der Waals surface area contributed by atoms with Crippen LogP contribution in [0.5, 0.6) is 11.5 Å². The Morgan fingerprint density at radius 1 is 1.18 bits per heavy atom. The first-order chi connectivity index (χ1) is 15.5. The summed E-state index contributed by atoms with van der Waals surface area (Å²) in [6.07, 6.45) is 6.20. The number of methoxy groups -OCH3 is 2. The number of anilines is 1. The minimum absolute atomic E-state index is 0. The molecule has 2 aromatic carbocycles. The molecule has 0 aliphatic rings. The van der Waals surface area contributed by atoms with E-state index in [0.29, 0.717) is 28.7 Å². The van der Waals surface area contributed by atoms with Crippen LogP contribution in [0.4, 0.5) is 5.13 Å². The zero-order valence-corrected chi connectivity index (χ0v) is 20.7. The van der Waals surface area contributed by atoms with E-state index in [-0.39, 0.29) is 18.3 Å². The van der Waals surface area contributed by atoms with Crippen molar-refractivity contribution in [3.8, 4) is 11.5 Å². The zero-order chi connectivity index (χ0) is 22.7. The lowest BCUT2D eigenvalue weighted by molar-refractivity contribution is 0.0982. The summed E-state index contributed by atoms with van der Waals surface area (Å²) in [5, 5.41) is 0.675. The van der Waals surface area contributed by atoms with Crippen LogP contribution in [0.2, 0.25) is 0 Å². The van der Waals surface area contributed by atoms with Crippen molar-refractivity contribution in [3.63, 3.8) is 0 Å². The Morgan fingerprint density at radius 2 is 2.00 bits per heavy atom. The van der Waals surface area contributed by atoms with Gasteiger partial charge in [0.25, 0.3) is 5.91 Å². The Hall–Kier alpha value is -3.10. The first-order valence-corrected chi connectivity index (χ1v) is 11.2. The molecule has 0 N–H and O–H groups in total. The number of benzene rings is 2. The number of imidazole rings is 1. The fourth-order valence-corrected chi connectivity index (χ4v) is 4.96. The highest BCUT2D eigenvalue weighted by Crippen LogP contribution is 2.36. The number of nitrogens with zero attached hydrogens (tertiary/aromatic N) is 4. The Bertz CT molecular complexity index is 1240. The van der Waals surface area contributed by atoms with Crippen molar-refractivity contribution < 1.29 is 14.3 Å². The number of rotatable bonds is 8. The number of thiazole rings is 1. The van der Waals surface area contributed by atoms with Crippen molar-refractivity contribution in [2.24, 2.45) is 0 Å². The SMILES string of the molecule is COc1cccc(C(=O)N(CCCn2ccnc2)c2nc3c(C)cc(C)cc3s2)c1OC.Cl. The Kier molecular flexibility index (Phi) is 7.94. The van der Waals surface area contributed by atoms with Crippen LogP contribution in [-0.4, -0.2) is 41.2 Å². The number of aromatic nitrogens is 3. The third-order valence-electron chi connectivity index (χ3n) is 5.29. The fraction of sp³-hybridized carbons (Fsp3) is 0.292. The predicted octanol–water partition coefficient (Wildman–Crippen LogP) is 5.29. The maximum absolute atomic E-state index is 13.8. The molecule has 4 aromatic rings. The van der Waals surface area contributed by atoms with Crippen molar-refractivity contribution in [1.29, 1.82) is 0 Å². The first kappa shape index (κ1) is 24.5. The van der Waals surface area contributed by atoms with Gasteiger partial charge in [0.2, 0.25) is 0 Å². The van der Waals surface area contributed by atoms with Gasteiger partial charge in [0, 0.05) is 25.5 Å². The van der Waals surface area contributed by atoms with E-state index in [1.807, 2.05) is 10.8 Å². The molecule has 9 heteroatoms. The second-order valence-corrected chi connectivity index (χ2v) is 8.59. The average molecular weight is 487 g/mol. The van der Waals surface area contributed by atoms with Gasteiger partial charge in [-0.3, -0.25) is 9.69 Å². The third-order valence-corrected chi connectivity index (χ3v) is 6.31. The number of hydrogen-bond acceptors (Lipinski definition) is 6. The van der Waals surface area contributed by atoms with Gasteiger partial charge < -0.3 is 14.0 Å². The largest absolute Gasteiger partial charge is 0.493 e. The number of fused-ring (bicyclic) bond motifs is 1. The smallest absolute Gasteiger partial charge is 0.263 e. The molecule has 33 heavy (non-hydrogen) atoms. The van der Waals surface area contributed by atoms with Crippen molar-refractivity contribution in [3.05, 3.63) is 65.7 Å². The van der Waals surface area contributed by atoms with E-state index in [2.05, 4.69) is 31.0 Å². The molecule has 0 spiro atoms. The summed E-state index contributed by atoms with van der Waals surface area (Å²) in [7, 11) is 3.11. The third kappa shape index (κ3) is 5.12. The molecule has 0 bridgehead atoms. The molecule has 0 saturated heterocycles. The molecule has 0 aliphatic carbocycles. The minimum Gasteiger partial charge on any atom is -0.493 e. The normalized spacial score (nSPS) is 10.7. The number of hydrogen-bond donors (Lipinski definition) is 0. The van der Waals surface area contributed by atoms with Crippen LogP contribution in [0.25, 0.3) is 10.2 Å². The molecule has 4 rings (SSSR count). The highest BCUT2D eigenvalue weighted by atomic mass is 35.5. The summed E-state index contributed by atoms with van der Waals surface area (Å²) >= 11 is 1.53. The maximum atomic E-state index is 13.8. The second kappa shape index (κ2) is 10.7. The molecular weight excluding hydrogens is 460 g/mol. The van der Waals surface area contributed by atoms with Crippen molar-refractivity contribution in [1.82, 2.24) is 14.5 Å². The van der Waals surface area contributed by atoms with Gasteiger partial charge in [0.15, 0.2) is 16.6 Å². The van der Waals surface area contributed by atoms with E-state index in [9.17, 15) is 4.79 Å². The summed E-state index contributed by atoms with van der Waals surface area (Å²) in [5.41, 5.74) is 3.66. The van der Waals surface area contributed by atoms with Crippen molar-refractivity contribution >= 4 is 45.0 Å². The van der Waals surface area contributed by atoms with Gasteiger partial charge in [-0.2, -0.15) is 0 Å². The monoisotopic (exact) mass is 486 g/mol. The molecule has 0 unspecified atom stereocenters. The molecular formula is C24H27ClN4O3S. The van der Waals surface area contributed by atoms with Gasteiger partial charge in [-0.15, -0.1) is 12.4 Å². The summed E-state index contributed by atoms with van der Waals surface area (Å²) in [6, 6.07) is 9.56. The standard InChI is InChI=1S/C24H26N4O3S.ClH/c1-16-13-17(2)21-20(14-16)32-24(26-21)28(11-6-10-27-12-9-25-15-27)23(29)18-7-5-8-19(30-3)22(18)31-4;/h5,7-9,12-15H,6,10-11H2,1-4H3;1H. The Morgan fingerprint density at radius 3 is 2.70 bits per heavy atom. The van der Waals surface area contributed by atoms with Gasteiger partial charge in [-0.25, -0.2) is 9.97 Å². The van der Waals surface area contributed by atoms with E-state index in [0.717, 1.165) is 28.7 Å². The quantitative estimate of drug-likeness (QED) is 0.338. The van der Waals surface area contributed by atoms with Crippen LogP contribution >= 0.6 is 23.7 Å². The number of aryl methyl sites for hydroxylation is 3. The number of ether oxygens (including phenoxy) is 2. The number of carbonyl (C=O) groups is 1. The van der Waals surface area contributed by atoms with Crippen molar-refractivity contribution in [2.45, 2.75) is 26.8 Å². The summed E-state index contributed by atoms with van der Waals surface area (Å²) in [4.78, 5) is 24.4. The topological polar surface area (TPSA) is 69.5 Å². The molecule has 0 saturated carbocycles. The van der Waals surface area contributed by atoms with Gasteiger partial charge >= 0.3 is 0 Å². The summed E-state index contributed by atoms with van der Waals surface area (Å²) in [6.45, 7) is 5.38. The number of amides is 1. The molecule has 2 heterocycles. The van der Waals surface area contributed by atoms with Crippen molar-refractivity contribution in [2.75, 3.05) is 25.7 Å². The lowest BCUT2D eigenvalue weighted by Crippen LogP contribution is -2.32. The lowest BCUT2D eigenvalue weighted by Gasteiger charge is -2.22. The molecule has 0 radical (unpaired) electrons. The van der Waals surface area contributed by atoms with Crippen LogP contribution in [0.3, 0.4) is 0 Å². The maximum Gasteiger partial charge on any atom is 0.263 e. The second-order valence-electron chi connectivity index (χ2n) is 7.58. The highest BCUT2D eigenvalue weighted by Gasteiger charge is 2.25. The van der Waals surface area contributed by atoms with E-state index in [1.54, 1.807) is 49.8 Å². The van der Waals surface area contributed by atoms with Crippen LogP contribution in [0.15, 0.2) is 49.1 Å². The average Bonchev–Trinajstić information content (AvgIpc) is 3.45. The van der Waals surface area contributed by atoms with Crippen LogP contribution in [0, 0.1) is 13.8 Å². The molecule has 2 aromatic heterocycles. The Labute approximate surface area is 203 Å². The van der Waals surface area contributed by atoms with Gasteiger partial charge in [0.05, 0.1) is 36.3 Å². The lowest BCUT2D eigenvalue weighted by atomic mass is 10.1. The minimum atomic E-state index is -0.167. The fourth-order valence-electron chi connectivity index (χ4n) is 3.79. The molecule has 0 aliphatic heterocycles. The number of para-hydroxylation sites is 1. The van der Waals surface area contributed by atoms with Gasteiger partial charge in [-0.1, -0.05) is 23.5 Å². The van der Waals surface area contributed by atoms with E-state index >= 15 is 0 Å². The number of halogens is 1. The van der Waals surface area contributed by atoms with Crippen LogP contribution in [-0.2, 0) is 6.54 Å². The van der Waals surface area contributed by atoms with Crippen LogP contribution < -0.4 is 14.4 Å². The molecule has 1 amide bonds. The molecule has 0 atom stereocenters.